The number of aromatic hydroxyl groups is 1. The predicted molar refractivity (Wildman–Crippen MR) is 70.5 cm³/mol. The first-order chi connectivity index (χ1) is 8.16. The van der Waals surface area contributed by atoms with Crippen LogP contribution >= 0.6 is 22.9 Å². The second-order valence-electron chi connectivity index (χ2n) is 3.71. The highest BCUT2D eigenvalue weighted by molar-refractivity contribution is 7.09. The van der Waals surface area contributed by atoms with Gasteiger partial charge in [0.1, 0.15) is 5.75 Å². The molecule has 0 amide bonds. The van der Waals surface area contributed by atoms with E-state index in [2.05, 4.69) is 10.3 Å². The fraction of sp³-hybridized carbons (Fsp3) is 0.250. The molecule has 1 aromatic heterocycles. The molecule has 90 valence electrons. The van der Waals surface area contributed by atoms with Crippen LogP contribution in [0.25, 0.3) is 0 Å². The Morgan fingerprint density at radius 3 is 2.94 bits per heavy atom. The molecular formula is C12H13ClN2OS. The maximum absolute atomic E-state index is 9.71. The minimum atomic E-state index is 0.149. The van der Waals surface area contributed by atoms with Crippen LogP contribution in [0.5, 0.6) is 5.75 Å². The Balaban J connectivity index is 1.92. The number of aryl methyl sites for hydroxylation is 1. The topological polar surface area (TPSA) is 45.2 Å². The zero-order valence-electron chi connectivity index (χ0n) is 9.40. The van der Waals surface area contributed by atoms with Gasteiger partial charge >= 0.3 is 0 Å². The molecule has 5 heteroatoms. The highest BCUT2D eigenvalue weighted by Gasteiger charge is 2.04. The molecule has 1 aromatic carbocycles. The molecule has 0 bridgehead atoms. The molecule has 0 aliphatic rings. The van der Waals surface area contributed by atoms with E-state index in [1.807, 2.05) is 24.4 Å². The van der Waals surface area contributed by atoms with E-state index in [0.717, 1.165) is 16.3 Å². The van der Waals surface area contributed by atoms with Gasteiger partial charge in [-0.3, -0.25) is 0 Å². The Morgan fingerprint density at radius 2 is 2.24 bits per heavy atom. The average Bonchev–Trinajstić information content (AvgIpc) is 2.70. The lowest BCUT2D eigenvalue weighted by molar-refractivity contribution is 0.464. The molecule has 17 heavy (non-hydrogen) atoms. The fourth-order valence-corrected chi connectivity index (χ4v) is 2.32. The highest BCUT2D eigenvalue weighted by Crippen LogP contribution is 2.26. The fourth-order valence-electron chi connectivity index (χ4n) is 1.52. The molecule has 2 N–H and O–H groups in total. The molecule has 0 saturated heterocycles. The van der Waals surface area contributed by atoms with Crippen LogP contribution in [-0.2, 0) is 13.1 Å². The van der Waals surface area contributed by atoms with Gasteiger partial charge in [0.05, 0.1) is 15.7 Å². The van der Waals surface area contributed by atoms with E-state index in [-0.39, 0.29) is 5.75 Å². The number of phenolic OH excluding ortho intramolecular Hbond substituents is 1. The first-order valence-electron chi connectivity index (χ1n) is 5.25. The Hall–Kier alpha value is -1.10. The summed E-state index contributed by atoms with van der Waals surface area (Å²) in [6.07, 6.45) is 0. The van der Waals surface area contributed by atoms with E-state index in [0.29, 0.717) is 18.1 Å². The Labute approximate surface area is 109 Å². The maximum Gasteiger partial charge on any atom is 0.138 e. The lowest BCUT2D eigenvalue weighted by Crippen LogP contribution is -2.13. The molecule has 1 heterocycles. The summed E-state index contributed by atoms with van der Waals surface area (Å²) in [5.74, 6) is 0.149. The van der Waals surface area contributed by atoms with Crippen LogP contribution in [0.1, 0.15) is 16.3 Å². The number of aromatic nitrogens is 1. The summed E-state index contributed by atoms with van der Waals surface area (Å²) in [6, 6.07) is 5.34. The second kappa shape index (κ2) is 5.49. The number of hydrogen-bond acceptors (Lipinski definition) is 4. The maximum atomic E-state index is 9.71. The Morgan fingerprint density at radius 1 is 1.41 bits per heavy atom. The van der Waals surface area contributed by atoms with E-state index >= 15 is 0 Å². The third-order valence-electron chi connectivity index (χ3n) is 2.36. The molecule has 0 fully saturated rings. The quantitative estimate of drug-likeness (QED) is 0.896. The first-order valence-corrected chi connectivity index (χ1v) is 6.50. The van der Waals surface area contributed by atoms with Crippen LogP contribution in [0, 0.1) is 6.92 Å². The molecule has 0 spiro atoms. The van der Waals surface area contributed by atoms with Crippen LogP contribution in [0.15, 0.2) is 23.6 Å². The third kappa shape index (κ3) is 3.19. The SMILES string of the molecule is Cc1nc(CNCc2cccc(Cl)c2O)cs1. The van der Waals surface area contributed by atoms with Gasteiger partial charge < -0.3 is 10.4 Å². The van der Waals surface area contributed by atoms with Gasteiger partial charge in [-0.15, -0.1) is 11.3 Å². The van der Waals surface area contributed by atoms with Gasteiger partial charge in [-0.05, 0) is 13.0 Å². The lowest BCUT2D eigenvalue weighted by atomic mass is 10.2. The van der Waals surface area contributed by atoms with Crippen LogP contribution in [-0.4, -0.2) is 10.1 Å². The molecule has 0 unspecified atom stereocenters. The summed E-state index contributed by atoms with van der Waals surface area (Å²) in [5.41, 5.74) is 1.82. The molecule has 0 radical (unpaired) electrons. The largest absolute Gasteiger partial charge is 0.506 e. The molecule has 2 aromatic rings. The number of phenols is 1. The average molecular weight is 269 g/mol. The summed E-state index contributed by atoms with van der Waals surface area (Å²) in [7, 11) is 0. The van der Waals surface area contributed by atoms with Gasteiger partial charge in [0.2, 0.25) is 0 Å². The van der Waals surface area contributed by atoms with E-state index in [1.165, 1.54) is 0 Å². The van der Waals surface area contributed by atoms with Crippen LogP contribution in [0.2, 0.25) is 5.02 Å². The second-order valence-corrected chi connectivity index (χ2v) is 5.18. The minimum absolute atomic E-state index is 0.149. The van der Waals surface area contributed by atoms with Crippen molar-refractivity contribution >= 4 is 22.9 Å². The summed E-state index contributed by atoms with van der Waals surface area (Å²) < 4.78 is 0. The number of nitrogens with one attached hydrogen (secondary N) is 1. The number of para-hydroxylation sites is 1. The molecule has 0 atom stereocenters. The summed E-state index contributed by atoms with van der Waals surface area (Å²) in [5, 5.41) is 16.4. The van der Waals surface area contributed by atoms with Crippen LogP contribution in [0.4, 0.5) is 0 Å². The highest BCUT2D eigenvalue weighted by atomic mass is 35.5. The molecule has 2 rings (SSSR count). The van der Waals surface area contributed by atoms with Crippen molar-refractivity contribution in [3.05, 3.63) is 44.9 Å². The van der Waals surface area contributed by atoms with E-state index in [9.17, 15) is 5.11 Å². The number of halogens is 1. The van der Waals surface area contributed by atoms with Crippen molar-refractivity contribution in [2.24, 2.45) is 0 Å². The standard InChI is InChI=1S/C12H13ClN2OS/c1-8-15-10(7-17-8)6-14-5-9-3-2-4-11(13)12(9)16/h2-4,7,14,16H,5-6H2,1H3. The number of rotatable bonds is 4. The normalized spacial score (nSPS) is 10.7. The smallest absolute Gasteiger partial charge is 0.138 e. The first kappa shape index (κ1) is 12.4. The van der Waals surface area contributed by atoms with Gasteiger partial charge in [0, 0.05) is 24.0 Å². The van der Waals surface area contributed by atoms with Crippen molar-refractivity contribution in [2.75, 3.05) is 0 Å². The van der Waals surface area contributed by atoms with E-state index < -0.39 is 0 Å². The van der Waals surface area contributed by atoms with Gasteiger partial charge in [-0.1, -0.05) is 23.7 Å². The van der Waals surface area contributed by atoms with E-state index in [1.54, 1.807) is 17.4 Å². The van der Waals surface area contributed by atoms with Crippen molar-refractivity contribution in [1.29, 1.82) is 0 Å². The number of thiazole rings is 1. The van der Waals surface area contributed by atoms with Crippen molar-refractivity contribution in [3.63, 3.8) is 0 Å². The Kier molecular flexibility index (Phi) is 3.99. The van der Waals surface area contributed by atoms with Crippen molar-refractivity contribution in [1.82, 2.24) is 10.3 Å². The summed E-state index contributed by atoms with van der Waals surface area (Å²) >= 11 is 7.46. The number of nitrogens with zero attached hydrogens (tertiary/aromatic N) is 1. The molecule has 3 nitrogen and oxygen atoms in total. The predicted octanol–water partition coefficient (Wildman–Crippen LogP) is 3.10. The zero-order valence-corrected chi connectivity index (χ0v) is 11.0. The van der Waals surface area contributed by atoms with Crippen LogP contribution in [0.3, 0.4) is 0 Å². The van der Waals surface area contributed by atoms with Gasteiger partial charge in [-0.25, -0.2) is 4.98 Å². The zero-order chi connectivity index (χ0) is 12.3. The monoisotopic (exact) mass is 268 g/mol. The van der Waals surface area contributed by atoms with E-state index in [4.69, 9.17) is 11.6 Å². The molecule has 0 saturated carbocycles. The number of hydrogen-bond donors (Lipinski definition) is 2. The lowest BCUT2D eigenvalue weighted by Gasteiger charge is -2.06. The summed E-state index contributed by atoms with van der Waals surface area (Å²) in [6.45, 7) is 3.25. The summed E-state index contributed by atoms with van der Waals surface area (Å²) in [4.78, 5) is 4.35. The van der Waals surface area contributed by atoms with Crippen molar-refractivity contribution in [3.8, 4) is 5.75 Å². The Bertz CT molecular complexity index is 513. The third-order valence-corrected chi connectivity index (χ3v) is 3.49. The van der Waals surface area contributed by atoms with Crippen LogP contribution < -0.4 is 5.32 Å². The van der Waals surface area contributed by atoms with Gasteiger partial charge in [0.25, 0.3) is 0 Å². The van der Waals surface area contributed by atoms with Crippen molar-refractivity contribution in [2.45, 2.75) is 20.0 Å². The van der Waals surface area contributed by atoms with Crippen molar-refractivity contribution < 1.29 is 5.11 Å². The van der Waals surface area contributed by atoms with Gasteiger partial charge in [-0.2, -0.15) is 0 Å². The molecule has 0 aliphatic heterocycles. The molecular weight excluding hydrogens is 256 g/mol. The number of benzene rings is 1. The molecule has 0 aliphatic carbocycles. The minimum Gasteiger partial charge on any atom is -0.506 e. The van der Waals surface area contributed by atoms with Gasteiger partial charge in [0.15, 0.2) is 0 Å².